The number of methoxy groups -OCH3 is 1. The van der Waals surface area contributed by atoms with Gasteiger partial charge in [-0.05, 0) is 27.3 Å². The van der Waals surface area contributed by atoms with Gasteiger partial charge in [0, 0.05) is 12.2 Å². The lowest BCUT2D eigenvalue weighted by atomic mass is 10.1. The molecule has 0 aromatic carbocycles. The fraction of sp³-hybridized carbons (Fsp3) is 0.533. The molecule has 6 nitrogen and oxygen atoms in total. The Morgan fingerprint density at radius 1 is 1.24 bits per heavy atom. The van der Waals surface area contributed by atoms with Crippen LogP contribution in [0.1, 0.15) is 49.9 Å². The summed E-state index contributed by atoms with van der Waals surface area (Å²) >= 11 is 0. The SMILES string of the molecule is CCNC(c1cnc(C)cn1)c1c(OC)cnn1C(C)C. The summed E-state index contributed by atoms with van der Waals surface area (Å²) in [5.41, 5.74) is 2.74. The molecule has 2 rings (SSSR count). The van der Waals surface area contributed by atoms with Gasteiger partial charge in [0.25, 0.3) is 0 Å². The van der Waals surface area contributed by atoms with Crippen molar-refractivity contribution in [2.24, 2.45) is 0 Å². The lowest BCUT2D eigenvalue weighted by Gasteiger charge is -2.21. The van der Waals surface area contributed by atoms with Crippen LogP contribution in [0.25, 0.3) is 0 Å². The van der Waals surface area contributed by atoms with E-state index in [-0.39, 0.29) is 12.1 Å². The molecule has 1 unspecified atom stereocenters. The van der Waals surface area contributed by atoms with Crippen LogP contribution in [-0.4, -0.2) is 33.4 Å². The van der Waals surface area contributed by atoms with Crippen molar-refractivity contribution in [3.05, 3.63) is 35.7 Å². The summed E-state index contributed by atoms with van der Waals surface area (Å²) in [6.07, 6.45) is 5.34. The fourth-order valence-electron chi connectivity index (χ4n) is 2.30. The lowest BCUT2D eigenvalue weighted by Crippen LogP contribution is -2.27. The maximum atomic E-state index is 5.48. The van der Waals surface area contributed by atoms with Crippen LogP contribution < -0.4 is 10.1 Å². The summed E-state index contributed by atoms with van der Waals surface area (Å²) < 4.78 is 7.44. The molecule has 0 fully saturated rings. The highest BCUT2D eigenvalue weighted by molar-refractivity contribution is 5.33. The van der Waals surface area contributed by atoms with Crippen LogP contribution in [0.4, 0.5) is 0 Å². The normalized spacial score (nSPS) is 12.7. The first-order chi connectivity index (χ1) is 10.1. The van der Waals surface area contributed by atoms with Gasteiger partial charge in [0.15, 0.2) is 5.75 Å². The third-order valence-electron chi connectivity index (χ3n) is 3.29. The average Bonchev–Trinajstić information content (AvgIpc) is 2.89. The van der Waals surface area contributed by atoms with Crippen LogP contribution in [0.5, 0.6) is 5.75 Å². The van der Waals surface area contributed by atoms with Crippen molar-refractivity contribution in [2.75, 3.05) is 13.7 Å². The molecular formula is C15H23N5O. The predicted octanol–water partition coefficient (Wildman–Crippen LogP) is 2.27. The van der Waals surface area contributed by atoms with Crippen LogP contribution in [-0.2, 0) is 0 Å². The van der Waals surface area contributed by atoms with Crippen LogP contribution in [0.2, 0.25) is 0 Å². The molecule has 0 amide bonds. The van der Waals surface area contributed by atoms with Crippen molar-refractivity contribution in [2.45, 2.75) is 39.8 Å². The summed E-state index contributed by atoms with van der Waals surface area (Å²) in [7, 11) is 1.66. The Morgan fingerprint density at radius 2 is 2.00 bits per heavy atom. The van der Waals surface area contributed by atoms with E-state index in [2.05, 4.69) is 41.2 Å². The average molecular weight is 289 g/mol. The molecule has 0 spiro atoms. The van der Waals surface area contributed by atoms with Crippen LogP contribution >= 0.6 is 0 Å². The zero-order valence-electron chi connectivity index (χ0n) is 13.3. The fourth-order valence-corrected chi connectivity index (χ4v) is 2.30. The molecule has 2 heterocycles. The van der Waals surface area contributed by atoms with Gasteiger partial charge >= 0.3 is 0 Å². The highest BCUT2D eigenvalue weighted by Gasteiger charge is 2.25. The molecule has 0 aliphatic carbocycles. The number of aromatic nitrogens is 4. The van der Waals surface area contributed by atoms with Crippen molar-refractivity contribution < 1.29 is 4.74 Å². The maximum Gasteiger partial charge on any atom is 0.162 e. The Balaban J connectivity index is 2.51. The first-order valence-electron chi connectivity index (χ1n) is 7.21. The van der Waals surface area contributed by atoms with Gasteiger partial charge in [-0.2, -0.15) is 5.10 Å². The molecule has 0 aliphatic heterocycles. The predicted molar refractivity (Wildman–Crippen MR) is 81.5 cm³/mol. The number of ether oxygens (including phenoxy) is 1. The van der Waals surface area contributed by atoms with E-state index in [1.165, 1.54) is 0 Å². The number of nitrogens with one attached hydrogen (secondary N) is 1. The van der Waals surface area contributed by atoms with Gasteiger partial charge in [0.2, 0.25) is 0 Å². The van der Waals surface area contributed by atoms with E-state index in [1.807, 2.05) is 11.6 Å². The van der Waals surface area contributed by atoms with E-state index < -0.39 is 0 Å². The van der Waals surface area contributed by atoms with Gasteiger partial charge in [0.1, 0.15) is 5.69 Å². The lowest BCUT2D eigenvalue weighted by molar-refractivity contribution is 0.393. The smallest absolute Gasteiger partial charge is 0.162 e. The van der Waals surface area contributed by atoms with E-state index >= 15 is 0 Å². The topological polar surface area (TPSA) is 64.9 Å². The molecule has 0 bridgehead atoms. The molecular weight excluding hydrogens is 266 g/mol. The van der Waals surface area contributed by atoms with Crippen molar-refractivity contribution in [1.29, 1.82) is 0 Å². The Kier molecular flexibility index (Phi) is 4.90. The van der Waals surface area contributed by atoms with Crippen LogP contribution in [0.15, 0.2) is 18.6 Å². The van der Waals surface area contributed by atoms with Crippen molar-refractivity contribution in [1.82, 2.24) is 25.1 Å². The third-order valence-corrected chi connectivity index (χ3v) is 3.29. The molecule has 21 heavy (non-hydrogen) atoms. The van der Waals surface area contributed by atoms with E-state index in [0.29, 0.717) is 0 Å². The maximum absolute atomic E-state index is 5.48. The van der Waals surface area contributed by atoms with Gasteiger partial charge < -0.3 is 10.1 Å². The van der Waals surface area contributed by atoms with Gasteiger partial charge in [-0.15, -0.1) is 0 Å². The number of hydrogen-bond donors (Lipinski definition) is 1. The summed E-state index contributed by atoms with van der Waals surface area (Å²) in [6, 6.07) is 0.145. The minimum absolute atomic E-state index is 0.0945. The van der Waals surface area contributed by atoms with E-state index in [9.17, 15) is 0 Å². The largest absolute Gasteiger partial charge is 0.493 e. The molecule has 0 saturated carbocycles. The second-order valence-electron chi connectivity index (χ2n) is 5.21. The second-order valence-corrected chi connectivity index (χ2v) is 5.21. The highest BCUT2D eigenvalue weighted by Crippen LogP contribution is 2.30. The van der Waals surface area contributed by atoms with E-state index in [1.54, 1.807) is 25.7 Å². The zero-order valence-corrected chi connectivity index (χ0v) is 13.3. The first-order valence-corrected chi connectivity index (χ1v) is 7.21. The molecule has 1 atom stereocenters. The number of nitrogens with zero attached hydrogens (tertiary/aromatic N) is 4. The molecule has 0 aliphatic rings. The quantitative estimate of drug-likeness (QED) is 0.883. The minimum Gasteiger partial charge on any atom is -0.493 e. The molecule has 0 saturated heterocycles. The Labute approximate surface area is 125 Å². The van der Waals surface area contributed by atoms with Gasteiger partial charge in [-0.1, -0.05) is 6.92 Å². The van der Waals surface area contributed by atoms with Crippen LogP contribution in [0.3, 0.4) is 0 Å². The summed E-state index contributed by atoms with van der Waals surface area (Å²) in [5.74, 6) is 0.761. The Morgan fingerprint density at radius 3 is 2.52 bits per heavy atom. The monoisotopic (exact) mass is 289 g/mol. The Hall–Kier alpha value is -1.95. The van der Waals surface area contributed by atoms with Gasteiger partial charge in [-0.3, -0.25) is 14.6 Å². The van der Waals surface area contributed by atoms with Crippen molar-refractivity contribution in [3.8, 4) is 5.75 Å². The minimum atomic E-state index is -0.0945. The van der Waals surface area contributed by atoms with E-state index in [4.69, 9.17) is 4.74 Å². The number of rotatable bonds is 6. The van der Waals surface area contributed by atoms with Crippen LogP contribution in [0, 0.1) is 6.92 Å². The first kappa shape index (κ1) is 15.4. The molecule has 6 heteroatoms. The molecule has 2 aromatic rings. The summed E-state index contributed by atoms with van der Waals surface area (Å²) in [4.78, 5) is 8.86. The molecule has 0 radical (unpaired) electrons. The summed E-state index contributed by atoms with van der Waals surface area (Å²) in [6.45, 7) is 9.00. The molecule has 114 valence electrons. The zero-order chi connectivity index (χ0) is 15.4. The van der Waals surface area contributed by atoms with Crippen molar-refractivity contribution >= 4 is 0 Å². The molecule has 1 N–H and O–H groups in total. The van der Waals surface area contributed by atoms with Gasteiger partial charge in [0.05, 0.1) is 36.9 Å². The number of aryl methyl sites for hydroxylation is 1. The molecule has 2 aromatic heterocycles. The number of hydrogen-bond acceptors (Lipinski definition) is 5. The summed E-state index contributed by atoms with van der Waals surface area (Å²) in [5, 5.41) is 7.88. The third kappa shape index (κ3) is 3.21. The van der Waals surface area contributed by atoms with Gasteiger partial charge in [-0.25, -0.2) is 0 Å². The second kappa shape index (κ2) is 6.67. The van der Waals surface area contributed by atoms with E-state index in [0.717, 1.165) is 29.4 Å². The standard InChI is InChI=1S/C15H23N5O/c1-6-16-14(12-8-17-11(4)7-18-12)15-13(21-5)9-19-20(15)10(2)3/h7-10,14,16H,6H2,1-5H3. The highest BCUT2D eigenvalue weighted by atomic mass is 16.5. The Bertz CT molecular complexity index is 576. The van der Waals surface area contributed by atoms with Crippen molar-refractivity contribution in [3.63, 3.8) is 0 Å².